The van der Waals surface area contributed by atoms with Gasteiger partial charge in [0.05, 0.1) is 0 Å². The van der Waals surface area contributed by atoms with Crippen molar-refractivity contribution in [2.45, 2.75) is 37.9 Å². The number of hydrogen-bond donors (Lipinski definition) is 0. The number of halogens is 2. The molecule has 1 aliphatic rings. The average molecular weight is 288 g/mol. The minimum absolute atomic E-state index is 0.516. The maximum atomic E-state index is 6.10. The lowest BCUT2D eigenvalue weighted by Crippen LogP contribution is -2.17. The number of hydrogen-bond acceptors (Lipinski definition) is 0. The number of rotatable bonds is 2. The van der Waals surface area contributed by atoms with Crippen molar-refractivity contribution in [2.24, 2.45) is 5.92 Å². The third-order valence-corrected chi connectivity index (χ3v) is 5.06. The van der Waals surface area contributed by atoms with Crippen molar-refractivity contribution >= 4 is 27.5 Å². The zero-order valence-corrected chi connectivity index (χ0v) is 11.5. The zero-order valence-electron chi connectivity index (χ0n) is 9.19. The molecule has 0 radical (unpaired) electrons. The first kappa shape index (κ1) is 11.5. The Kier molecular flexibility index (Phi) is 3.42. The predicted octanol–water partition coefficient (Wildman–Crippen LogP) is 5.19. The van der Waals surface area contributed by atoms with Crippen LogP contribution in [0.2, 0.25) is 5.02 Å². The molecule has 1 atom stereocenters. The van der Waals surface area contributed by atoms with Gasteiger partial charge in [-0.15, -0.1) is 0 Å². The minimum atomic E-state index is 0.516. The quantitative estimate of drug-likeness (QED) is 0.656. The number of benzene rings is 1. The Morgan fingerprint density at radius 3 is 2.47 bits per heavy atom. The van der Waals surface area contributed by atoms with E-state index < -0.39 is 0 Å². The summed E-state index contributed by atoms with van der Waals surface area (Å²) in [4.78, 5) is 0.516. The van der Waals surface area contributed by atoms with Gasteiger partial charge in [0, 0.05) is 9.85 Å². The van der Waals surface area contributed by atoms with Crippen LogP contribution in [0, 0.1) is 19.8 Å². The Bertz CT molecular complexity index is 369. The third-order valence-electron chi connectivity index (χ3n) is 3.41. The summed E-state index contributed by atoms with van der Waals surface area (Å²) in [6, 6.07) is 4.31. The fraction of sp³-hybridized carbons (Fsp3) is 0.538. The molecule has 2 heteroatoms. The molecule has 1 unspecified atom stereocenters. The van der Waals surface area contributed by atoms with Crippen molar-refractivity contribution in [1.29, 1.82) is 0 Å². The lowest BCUT2D eigenvalue weighted by atomic mass is 9.80. The highest BCUT2D eigenvalue weighted by atomic mass is 79.9. The van der Waals surface area contributed by atoms with Gasteiger partial charge in [0.2, 0.25) is 0 Å². The van der Waals surface area contributed by atoms with Gasteiger partial charge in [-0.3, -0.25) is 0 Å². The molecule has 0 N–H and O–H groups in total. The average Bonchev–Trinajstić information content (AvgIpc) is 2.08. The van der Waals surface area contributed by atoms with Crippen LogP contribution in [0.3, 0.4) is 0 Å². The van der Waals surface area contributed by atoms with Crippen molar-refractivity contribution in [3.05, 3.63) is 33.8 Å². The molecule has 0 heterocycles. The van der Waals surface area contributed by atoms with Crippen molar-refractivity contribution in [3.63, 3.8) is 0 Å². The Labute approximate surface area is 105 Å². The van der Waals surface area contributed by atoms with Gasteiger partial charge >= 0.3 is 0 Å². The molecule has 1 aliphatic carbocycles. The molecular formula is C13H16BrCl. The minimum Gasteiger partial charge on any atom is -0.0840 e. The Balaban J connectivity index is 2.30. The fourth-order valence-corrected chi connectivity index (χ4v) is 3.33. The Morgan fingerprint density at radius 1 is 1.27 bits per heavy atom. The van der Waals surface area contributed by atoms with Crippen molar-refractivity contribution in [3.8, 4) is 0 Å². The van der Waals surface area contributed by atoms with Gasteiger partial charge in [0.15, 0.2) is 0 Å². The van der Waals surface area contributed by atoms with E-state index in [4.69, 9.17) is 11.6 Å². The molecule has 0 aliphatic heterocycles. The van der Waals surface area contributed by atoms with Gasteiger partial charge in [-0.25, -0.2) is 0 Å². The van der Waals surface area contributed by atoms with E-state index in [0.29, 0.717) is 4.83 Å². The standard InChI is InChI=1S/C13H16BrCl/c1-8-7-12(15)9(2)6-11(8)13(14)10-4-3-5-10/h6-7,10,13H,3-5H2,1-2H3. The third kappa shape index (κ3) is 2.24. The van der Waals surface area contributed by atoms with Crippen molar-refractivity contribution < 1.29 is 0 Å². The summed E-state index contributed by atoms with van der Waals surface area (Å²) in [5.41, 5.74) is 3.90. The summed E-state index contributed by atoms with van der Waals surface area (Å²) >= 11 is 9.93. The van der Waals surface area contributed by atoms with Crippen LogP contribution in [-0.2, 0) is 0 Å². The molecule has 2 rings (SSSR count). The zero-order chi connectivity index (χ0) is 11.0. The second kappa shape index (κ2) is 4.47. The van der Waals surface area contributed by atoms with Crippen LogP contribution < -0.4 is 0 Å². The first-order valence-electron chi connectivity index (χ1n) is 5.50. The topological polar surface area (TPSA) is 0 Å². The highest BCUT2D eigenvalue weighted by Crippen LogP contribution is 2.44. The Hall–Kier alpha value is -0.0100. The molecule has 1 aromatic carbocycles. The van der Waals surface area contributed by atoms with E-state index >= 15 is 0 Å². The molecule has 0 nitrogen and oxygen atoms in total. The van der Waals surface area contributed by atoms with Crippen LogP contribution in [0.4, 0.5) is 0 Å². The van der Waals surface area contributed by atoms with Gasteiger partial charge in [0.25, 0.3) is 0 Å². The molecule has 1 aromatic rings. The SMILES string of the molecule is Cc1cc(C(Br)C2CCC2)c(C)cc1Cl. The van der Waals surface area contributed by atoms with Crippen LogP contribution in [0.5, 0.6) is 0 Å². The molecule has 0 aromatic heterocycles. The normalized spacial score (nSPS) is 18.7. The summed E-state index contributed by atoms with van der Waals surface area (Å²) in [6.45, 7) is 4.22. The van der Waals surface area contributed by atoms with Gasteiger partial charge < -0.3 is 0 Å². The lowest BCUT2D eigenvalue weighted by Gasteiger charge is -2.31. The van der Waals surface area contributed by atoms with Crippen molar-refractivity contribution in [1.82, 2.24) is 0 Å². The summed E-state index contributed by atoms with van der Waals surface area (Å²) in [5, 5.41) is 0.879. The fourth-order valence-electron chi connectivity index (χ4n) is 2.09. The molecule has 0 amide bonds. The van der Waals surface area contributed by atoms with E-state index in [1.54, 1.807) is 0 Å². The number of aryl methyl sites for hydroxylation is 2. The molecule has 1 saturated carbocycles. The first-order valence-corrected chi connectivity index (χ1v) is 6.79. The second-order valence-corrected chi connectivity index (χ2v) is 5.94. The maximum absolute atomic E-state index is 6.10. The van der Waals surface area contributed by atoms with E-state index in [1.165, 1.54) is 36.0 Å². The summed E-state index contributed by atoms with van der Waals surface area (Å²) < 4.78 is 0. The smallest absolute Gasteiger partial charge is 0.0438 e. The molecule has 1 fully saturated rings. The molecule has 15 heavy (non-hydrogen) atoms. The highest BCUT2D eigenvalue weighted by Gasteiger charge is 2.27. The van der Waals surface area contributed by atoms with Crippen LogP contribution in [0.25, 0.3) is 0 Å². The largest absolute Gasteiger partial charge is 0.0840 e. The monoisotopic (exact) mass is 286 g/mol. The summed E-state index contributed by atoms with van der Waals surface area (Å²) in [6.07, 6.45) is 4.10. The van der Waals surface area contributed by atoms with Gasteiger partial charge in [-0.1, -0.05) is 40.0 Å². The maximum Gasteiger partial charge on any atom is 0.0438 e. The molecule has 0 spiro atoms. The summed E-state index contributed by atoms with van der Waals surface area (Å²) in [7, 11) is 0. The summed E-state index contributed by atoms with van der Waals surface area (Å²) in [5.74, 6) is 0.823. The van der Waals surface area contributed by atoms with Crippen LogP contribution in [0.15, 0.2) is 12.1 Å². The van der Waals surface area contributed by atoms with E-state index in [1.807, 2.05) is 0 Å². The van der Waals surface area contributed by atoms with Crippen LogP contribution in [-0.4, -0.2) is 0 Å². The first-order chi connectivity index (χ1) is 7.09. The molecular weight excluding hydrogens is 272 g/mol. The molecule has 82 valence electrons. The highest BCUT2D eigenvalue weighted by molar-refractivity contribution is 9.09. The Morgan fingerprint density at radius 2 is 1.93 bits per heavy atom. The predicted molar refractivity (Wildman–Crippen MR) is 69.9 cm³/mol. The second-order valence-electron chi connectivity index (χ2n) is 4.55. The molecule has 0 bridgehead atoms. The van der Waals surface area contributed by atoms with Gasteiger partial charge in [-0.05, 0) is 55.4 Å². The van der Waals surface area contributed by atoms with Gasteiger partial charge in [-0.2, -0.15) is 0 Å². The molecule has 0 saturated heterocycles. The van der Waals surface area contributed by atoms with Gasteiger partial charge in [0.1, 0.15) is 0 Å². The van der Waals surface area contributed by atoms with E-state index in [-0.39, 0.29) is 0 Å². The number of alkyl halides is 1. The lowest BCUT2D eigenvalue weighted by molar-refractivity contribution is 0.312. The van der Waals surface area contributed by atoms with E-state index in [0.717, 1.165) is 10.9 Å². The van der Waals surface area contributed by atoms with E-state index in [2.05, 4.69) is 41.9 Å². The van der Waals surface area contributed by atoms with Crippen LogP contribution >= 0.6 is 27.5 Å². The van der Waals surface area contributed by atoms with E-state index in [9.17, 15) is 0 Å². The van der Waals surface area contributed by atoms with Crippen LogP contribution in [0.1, 0.15) is 40.8 Å². The van der Waals surface area contributed by atoms with Crippen molar-refractivity contribution in [2.75, 3.05) is 0 Å².